The lowest BCUT2D eigenvalue weighted by Gasteiger charge is -2.32. The number of hydrogen-bond donors (Lipinski definition) is 0. The Hall–Kier alpha value is -2.59. The molecule has 2 aromatic carbocycles. The predicted molar refractivity (Wildman–Crippen MR) is 115 cm³/mol. The average Bonchev–Trinajstić information content (AvgIpc) is 2.76. The summed E-state index contributed by atoms with van der Waals surface area (Å²) in [6, 6.07) is 13.5. The second-order valence-corrected chi connectivity index (χ2v) is 8.13. The molecule has 2 unspecified atom stereocenters. The van der Waals surface area contributed by atoms with Gasteiger partial charge in [0.2, 0.25) is 0 Å². The van der Waals surface area contributed by atoms with Crippen LogP contribution in [0.2, 0.25) is 0 Å². The van der Waals surface area contributed by atoms with Crippen LogP contribution >= 0.6 is 11.8 Å². The summed E-state index contributed by atoms with van der Waals surface area (Å²) < 4.78 is 0. The quantitative estimate of drug-likeness (QED) is 0.505. The van der Waals surface area contributed by atoms with Crippen LogP contribution in [0.3, 0.4) is 0 Å². The molecule has 2 aromatic rings. The first-order chi connectivity index (χ1) is 13.7. The Labute approximate surface area is 170 Å². The van der Waals surface area contributed by atoms with Crippen LogP contribution in [0.5, 0.6) is 0 Å². The van der Waals surface area contributed by atoms with Gasteiger partial charge in [0.15, 0.2) is 0 Å². The lowest BCUT2D eigenvalue weighted by atomic mass is 9.87. The van der Waals surface area contributed by atoms with Crippen molar-refractivity contribution in [3.8, 4) is 0 Å². The molecular formula is C24H23NO2S. The molecule has 0 fully saturated rings. The minimum atomic E-state index is -0.429. The molecule has 0 spiro atoms. The predicted octanol–water partition coefficient (Wildman–Crippen LogP) is 5.59. The number of allylic oxidation sites excluding steroid dienone is 3. The van der Waals surface area contributed by atoms with Crippen LogP contribution in [0.4, 0.5) is 0 Å². The van der Waals surface area contributed by atoms with E-state index in [0.717, 1.165) is 24.1 Å². The highest BCUT2D eigenvalue weighted by atomic mass is 32.2. The Morgan fingerprint density at radius 3 is 2.61 bits per heavy atom. The van der Waals surface area contributed by atoms with E-state index in [-0.39, 0.29) is 11.2 Å². The van der Waals surface area contributed by atoms with Crippen LogP contribution < -0.4 is 0 Å². The second kappa shape index (κ2) is 8.19. The number of fused-ring (bicyclic) bond motifs is 2. The van der Waals surface area contributed by atoms with Crippen molar-refractivity contribution in [3.63, 3.8) is 0 Å². The van der Waals surface area contributed by atoms with Gasteiger partial charge in [-0.1, -0.05) is 67.6 Å². The maximum atomic E-state index is 12.4. The highest BCUT2D eigenvalue weighted by Crippen LogP contribution is 2.44. The first-order valence-electron chi connectivity index (χ1n) is 9.73. The van der Waals surface area contributed by atoms with Gasteiger partial charge in [-0.25, -0.2) is 4.79 Å². The Balaban J connectivity index is 1.77. The number of carbonyl (C=O) groups excluding carboxylic acids is 1. The summed E-state index contributed by atoms with van der Waals surface area (Å²) in [6.45, 7) is 4.35. The fourth-order valence-corrected chi connectivity index (χ4v) is 5.09. The van der Waals surface area contributed by atoms with Crippen molar-refractivity contribution in [2.24, 2.45) is 11.1 Å². The Kier molecular flexibility index (Phi) is 5.49. The molecule has 0 saturated carbocycles. The number of hydrogen-bond acceptors (Lipinski definition) is 4. The van der Waals surface area contributed by atoms with E-state index in [4.69, 9.17) is 4.84 Å². The number of rotatable bonds is 4. The van der Waals surface area contributed by atoms with Crippen molar-refractivity contribution in [1.29, 1.82) is 0 Å². The van der Waals surface area contributed by atoms with Gasteiger partial charge in [0.25, 0.3) is 0 Å². The summed E-state index contributed by atoms with van der Waals surface area (Å²) in [5.74, 6) is -0.329. The molecule has 0 bridgehead atoms. The lowest BCUT2D eigenvalue weighted by molar-refractivity contribution is 0.0515. The molecule has 2 aliphatic rings. The lowest BCUT2D eigenvalue weighted by Crippen LogP contribution is -2.31. The molecule has 0 aromatic heterocycles. The highest BCUT2D eigenvalue weighted by Gasteiger charge is 2.34. The normalized spacial score (nSPS) is 21.3. The van der Waals surface area contributed by atoms with E-state index in [2.05, 4.69) is 49.4 Å². The van der Waals surface area contributed by atoms with E-state index in [9.17, 15) is 4.79 Å². The zero-order valence-electron chi connectivity index (χ0n) is 16.1. The van der Waals surface area contributed by atoms with Crippen molar-refractivity contribution < 1.29 is 9.63 Å². The molecule has 1 heterocycles. The fourth-order valence-electron chi connectivity index (χ4n) is 3.64. The molecule has 0 saturated heterocycles. The van der Waals surface area contributed by atoms with Gasteiger partial charge in [-0.2, -0.15) is 0 Å². The van der Waals surface area contributed by atoms with Gasteiger partial charge < -0.3 is 4.84 Å². The Morgan fingerprint density at radius 1 is 1.07 bits per heavy atom. The Morgan fingerprint density at radius 2 is 1.86 bits per heavy atom. The Bertz CT molecular complexity index is 976. The number of thioether (sulfide) groups is 1. The summed E-state index contributed by atoms with van der Waals surface area (Å²) in [5, 5.41) is 4.67. The molecule has 4 heteroatoms. The number of aryl methyl sites for hydroxylation is 2. The van der Waals surface area contributed by atoms with Crippen LogP contribution in [0.15, 0.2) is 76.8 Å². The van der Waals surface area contributed by atoms with Crippen molar-refractivity contribution in [2.75, 3.05) is 0 Å². The summed E-state index contributed by atoms with van der Waals surface area (Å²) in [6.07, 6.45) is 10.4. The summed E-state index contributed by atoms with van der Waals surface area (Å²) in [7, 11) is 0. The van der Waals surface area contributed by atoms with Crippen LogP contribution in [0.1, 0.15) is 40.9 Å². The molecule has 0 N–H and O–H groups in total. The van der Waals surface area contributed by atoms with Gasteiger partial charge in [-0.05, 0) is 42.2 Å². The maximum Gasteiger partial charge on any atom is 0.365 e. The summed E-state index contributed by atoms with van der Waals surface area (Å²) >= 11 is 1.89. The van der Waals surface area contributed by atoms with Crippen LogP contribution in [-0.4, -0.2) is 16.9 Å². The molecule has 3 nitrogen and oxygen atoms in total. The SMILES string of the molecule is CCc1cc(CC)c2c(c1)C(=NOC(=O)c1ccccc1)C1C=CC=CC1S2. The molecular weight excluding hydrogens is 366 g/mol. The molecule has 142 valence electrons. The topological polar surface area (TPSA) is 38.7 Å². The van der Waals surface area contributed by atoms with Gasteiger partial charge in [-0.15, -0.1) is 11.8 Å². The highest BCUT2D eigenvalue weighted by molar-refractivity contribution is 8.00. The monoisotopic (exact) mass is 389 g/mol. The third kappa shape index (κ3) is 3.57. The van der Waals surface area contributed by atoms with Crippen LogP contribution in [-0.2, 0) is 17.7 Å². The van der Waals surface area contributed by atoms with E-state index in [1.54, 1.807) is 12.1 Å². The number of oxime groups is 1. The van der Waals surface area contributed by atoms with Gasteiger partial charge in [0, 0.05) is 21.6 Å². The smallest absolute Gasteiger partial charge is 0.313 e. The second-order valence-electron chi connectivity index (χ2n) is 6.94. The molecule has 1 aliphatic heterocycles. The van der Waals surface area contributed by atoms with Gasteiger partial charge in [0.1, 0.15) is 0 Å². The molecule has 0 amide bonds. The van der Waals surface area contributed by atoms with Crippen molar-refractivity contribution >= 4 is 23.4 Å². The summed E-state index contributed by atoms with van der Waals surface area (Å²) in [4.78, 5) is 19.1. The maximum absolute atomic E-state index is 12.4. The largest absolute Gasteiger partial charge is 0.365 e. The molecule has 4 rings (SSSR count). The van der Waals surface area contributed by atoms with Crippen LogP contribution in [0, 0.1) is 5.92 Å². The van der Waals surface area contributed by atoms with E-state index < -0.39 is 5.97 Å². The summed E-state index contributed by atoms with van der Waals surface area (Å²) in [5.41, 5.74) is 5.07. The molecule has 1 aliphatic carbocycles. The minimum Gasteiger partial charge on any atom is -0.313 e. The van der Waals surface area contributed by atoms with Crippen molar-refractivity contribution in [1.82, 2.24) is 0 Å². The number of carbonyl (C=O) groups is 1. The van der Waals surface area contributed by atoms with Gasteiger partial charge >= 0.3 is 5.97 Å². The minimum absolute atomic E-state index is 0.0999. The molecule has 0 radical (unpaired) electrons. The molecule has 28 heavy (non-hydrogen) atoms. The standard InChI is InChI=1S/C24H23NO2S/c1-3-16-14-17(4-2)23-20(15-16)22(19-12-8-9-13-21(19)28-23)25-27-24(26)18-10-6-5-7-11-18/h5-15,19,21H,3-4H2,1-2H3. The fraction of sp³-hybridized carbons (Fsp3) is 0.250. The third-order valence-electron chi connectivity index (χ3n) is 5.18. The number of nitrogens with zero attached hydrogens (tertiary/aromatic N) is 1. The van der Waals surface area contributed by atoms with E-state index in [0.29, 0.717) is 5.56 Å². The third-order valence-corrected chi connectivity index (χ3v) is 6.62. The van der Waals surface area contributed by atoms with Crippen molar-refractivity contribution in [2.45, 2.75) is 36.8 Å². The van der Waals surface area contributed by atoms with E-state index in [1.165, 1.54) is 16.0 Å². The average molecular weight is 390 g/mol. The molecule has 2 atom stereocenters. The van der Waals surface area contributed by atoms with Crippen molar-refractivity contribution in [3.05, 3.63) is 89.0 Å². The first kappa shape index (κ1) is 18.8. The van der Waals surface area contributed by atoms with E-state index >= 15 is 0 Å². The first-order valence-corrected chi connectivity index (χ1v) is 10.6. The zero-order valence-corrected chi connectivity index (χ0v) is 16.9. The van der Waals surface area contributed by atoms with Gasteiger partial charge in [-0.3, -0.25) is 0 Å². The number of benzene rings is 2. The van der Waals surface area contributed by atoms with Gasteiger partial charge in [0.05, 0.1) is 11.3 Å². The van der Waals surface area contributed by atoms with Crippen LogP contribution in [0.25, 0.3) is 0 Å². The zero-order chi connectivity index (χ0) is 19.5. The van der Waals surface area contributed by atoms with E-state index in [1.807, 2.05) is 36.0 Å².